The fourth-order valence-corrected chi connectivity index (χ4v) is 2.10. The van der Waals surface area contributed by atoms with Gasteiger partial charge in [-0.2, -0.15) is 0 Å². The zero-order valence-electron chi connectivity index (χ0n) is 9.73. The molecule has 0 bridgehead atoms. The fourth-order valence-electron chi connectivity index (χ4n) is 1.39. The molecular weight excluding hydrogens is 236 g/mol. The third kappa shape index (κ3) is 3.13. The van der Waals surface area contributed by atoms with Crippen molar-refractivity contribution < 1.29 is 0 Å². The van der Waals surface area contributed by atoms with Gasteiger partial charge in [-0.15, -0.1) is 21.5 Å². The van der Waals surface area contributed by atoms with Gasteiger partial charge in [0.1, 0.15) is 5.69 Å². The molecule has 2 heterocycles. The molecule has 2 aromatic heterocycles. The molecule has 0 amide bonds. The van der Waals surface area contributed by atoms with Crippen molar-refractivity contribution >= 4 is 17.3 Å². The number of H-pyrrole nitrogens is 1. The van der Waals surface area contributed by atoms with Crippen molar-refractivity contribution in [2.75, 3.05) is 5.32 Å². The normalized spacial score (nSPS) is 10.8. The van der Waals surface area contributed by atoms with Crippen molar-refractivity contribution in [1.82, 2.24) is 15.2 Å². The van der Waals surface area contributed by atoms with E-state index in [0.717, 1.165) is 4.88 Å². The highest BCUT2D eigenvalue weighted by molar-refractivity contribution is 7.09. The van der Waals surface area contributed by atoms with Crippen molar-refractivity contribution in [3.63, 3.8) is 0 Å². The second kappa shape index (κ2) is 5.09. The molecule has 2 N–H and O–H groups in total. The number of anilines is 1. The Morgan fingerprint density at radius 1 is 1.47 bits per heavy atom. The fraction of sp³-hybridized carbons (Fsp3) is 0.364. The summed E-state index contributed by atoms with van der Waals surface area (Å²) in [5.41, 5.74) is 0.262. The van der Waals surface area contributed by atoms with Crippen LogP contribution in [0.2, 0.25) is 0 Å². The zero-order chi connectivity index (χ0) is 12.3. The monoisotopic (exact) mass is 250 g/mol. The number of nitrogens with one attached hydrogen (secondary N) is 2. The number of hydrogen-bond donors (Lipinski definition) is 2. The second-order valence-corrected chi connectivity index (χ2v) is 5.04. The van der Waals surface area contributed by atoms with E-state index in [1.54, 1.807) is 11.3 Å². The lowest BCUT2D eigenvalue weighted by atomic mass is 10.3. The minimum atomic E-state index is -0.184. The van der Waals surface area contributed by atoms with Crippen LogP contribution in [-0.4, -0.2) is 21.2 Å². The minimum absolute atomic E-state index is 0.184. The van der Waals surface area contributed by atoms with E-state index in [-0.39, 0.29) is 11.6 Å². The van der Waals surface area contributed by atoms with Crippen molar-refractivity contribution in [2.24, 2.45) is 0 Å². The predicted octanol–water partition coefficient (Wildman–Crippen LogP) is 1.64. The molecule has 0 atom stereocenters. The third-order valence-electron chi connectivity index (χ3n) is 2.11. The van der Waals surface area contributed by atoms with Crippen LogP contribution >= 0.6 is 11.3 Å². The average molecular weight is 250 g/mol. The van der Waals surface area contributed by atoms with Crippen LogP contribution in [0.4, 0.5) is 5.95 Å². The van der Waals surface area contributed by atoms with E-state index in [4.69, 9.17) is 0 Å². The van der Waals surface area contributed by atoms with E-state index in [1.165, 1.54) is 0 Å². The summed E-state index contributed by atoms with van der Waals surface area (Å²) in [7, 11) is 0. The standard InChI is InChI=1S/C11H14N4OS/c1-7(2)12-11-13-10(16)9(14-15-11)6-8-4-3-5-17-8/h3-5,7H,6H2,1-2H3,(H2,12,13,15,16). The van der Waals surface area contributed by atoms with E-state index >= 15 is 0 Å². The van der Waals surface area contributed by atoms with E-state index < -0.39 is 0 Å². The van der Waals surface area contributed by atoms with Gasteiger partial charge in [-0.25, -0.2) is 0 Å². The molecule has 90 valence electrons. The van der Waals surface area contributed by atoms with Crippen molar-refractivity contribution in [3.05, 3.63) is 38.4 Å². The highest BCUT2D eigenvalue weighted by Crippen LogP contribution is 2.11. The van der Waals surface area contributed by atoms with Gasteiger partial charge in [0.15, 0.2) is 0 Å². The minimum Gasteiger partial charge on any atom is -0.352 e. The van der Waals surface area contributed by atoms with Crippen molar-refractivity contribution in [3.8, 4) is 0 Å². The summed E-state index contributed by atoms with van der Waals surface area (Å²) >= 11 is 1.61. The molecule has 2 rings (SSSR count). The van der Waals surface area contributed by atoms with Crippen LogP contribution < -0.4 is 10.9 Å². The maximum absolute atomic E-state index is 11.8. The lowest BCUT2D eigenvalue weighted by molar-refractivity contribution is 0.820. The highest BCUT2D eigenvalue weighted by Gasteiger charge is 2.06. The van der Waals surface area contributed by atoms with Gasteiger partial charge >= 0.3 is 0 Å². The number of hydrogen-bond acceptors (Lipinski definition) is 5. The first kappa shape index (κ1) is 11.8. The summed E-state index contributed by atoms with van der Waals surface area (Å²) in [6, 6.07) is 4.14. The van der Waals surface area contributed by atoms with Crippen LogP contribution in [0.5, 0.6) is 0 Å². The van der Waals surface area contributed by atoms with Gasteiger partial charge in [0, 0.05) is 17.3 Å². The van der Waals surface area contributed by atoms with Gasteiger partial charge in [0.05, 0.1) is 0 Å². The Kier molecular flexibility index (Phi) is 3.53. The molecule has 5 nitrogen and oxygen atoms in total. The summed E-state index contributed by atoms with van der Waals surface area (Å²) in [6.45, 7) is 3.94. The summed E-state index contributed by atoms with van der Waals surface area (Å²) in [4.78, 5) is 15.5. The molecule has 0 radical (unpaired) electrons. The van der Waals surface area contributed by atoms with Gasteiger partial charge in [0.2, 0.25) is 5.95 Å². The van der Waals surface area contributed by atoms with Gasteiger partial charge in [0.25, 0.3) is 5.56 Å². The summed E-state index contributed by atoms with van der Waals surface area (Å²) in [5.74, 6) is 0.417. The van der Waals surface area contributed by atoms with Gasteiger partial charge < -0.3 is 5.32 Å². The Hall–Kier alpha value is -1.69. The van der Waals surface area contributed by atoms with Crippen LogP contribution in [0.25, 0.3) is 0 Å². The number of thiophene rings is 1. The topological polar surface area (TPSA) is 70.7 Å². The zero-order valence-corrected chi connectivity index (χ0v) is 10.5. The summed E-state index contributed by atoms with van der Waals surface area (Å²) in [5, 5.41) is 12.9. The molecule has 6 heteroatoms. The van der Waals surface area contributed by atoms with Crippen LogP contribution in [-0.2, 0) is 6.42 Å². The molecule has 0 aromatic carbocycles. The quantitative estimate of drug-likeness (QED) is 0.865. The second-order valence-electron chi connectivity index (χ2n) is 4.00. The van der Waals surface area contributed by atoms with Crippen LogP contribution in [0.3, 0.4) is 0 Å². The predicted molar refractivity (Wildman–Crippen MR) is 68.5 cm³/mol. The van der Waals surface area contributed by atoms with Crippen LogP contribution in [0.1, 0.15) is 24.4 Å². The largest absolute Gasteiger partial charge is 0.352 e. The number of rotatable bonds is 4. The lowest BCUT2D eigenvalue weighted by Gasteiger charge is -2.07. The number of aromatic nitrogens is 3. The molecular formula is C11H14N4OS. The highest BCUT2D eigenvalue weighted by atomic mass is 32.1. The third-order valence-corrected chi connectivity index (χ3v) is 2.99. The van der Waals surface area contributed by atoms with Crippen LogP contribution in [0.15, 0.2) is 22.3 Å². The van der Waals surface area contributed by atoms with Gasteiger partial charge in [-0.1, -0.05) is 6.07 Å². The van der Waals surface area contributed by atoms with E-state index in [0.29, 0.717) is 18.1 Å². The molecule has 0 aliphatic carbocycles. The first-order valence-corrected chi connectivity index (χ1v) is 6.28. The SMILES string of the molecule is CC(C)Nc1nnc(Cc2cccs2)c(=O)[nH]1. The summed E-state index contributed by atoms with van der Waals surface area (Å²) in [6.07, 6.45) is 0.530. The Morgan fingerprint density at radius 2 is 2.29 bits per heavy atom. The number of aromatic amines is 1. The molecule has 0 aliphatic heterocycles. The Balaban J connectivity index is 2.17. The molecule has 0 saturated carbocycles. The van der Waals surface area contributed by atoms with Crippen molar-refractivity contribution in [1.29, 1.82) is 0 Å². The first-order valence-electron chi connectivity index (χ1n) is 5.40. The summed E-state index contributed by atoms with van der Waals surface area (Å²) < 4.78 is 0. The molecule has 17 heavy (non-hydrogen) atoms. The Labute approximate surface area is 103 Å². The molecule has 0 saturated heterocycles. The smallest absolute Gasteiger partial charge is 0.274 e. The van der Waals surface area contributed by atoms with Gasteiger partial charge in [-0.05, 0) is 25.3 Å². The Bertz CT molecular complexity index is 533. The maximum atomic E-state index is 11.8. The van der Waals surface area contributed by atoms with Crippen LogP contribution in [0, 0.1) is 0 Å². The molecule has 0 fully saturated rings. The molecule has 0 spiro atoms. The van der Waals surface area contributed by atoms with Gasteiger partial charge in [-0.3, -0.25) is 9.78 Å². The molecule has 0 unspecified atom stereocenters. The van der Waals surface area contributed by atoms with Crippen molar-refractivity contribution in [2.45, 2.75) is 26.3 Å². The van der Waals surface area contributed by atoms with E-state index in [9.17, 15) is 4.79 Å². The van der Waals surface area contributed by atoms with E-state index in [2.05, 4.69) is 20.5 Å². The maximum Gasteiger partial charge on any atom is 0.274 e. The molecule has 0 aliphatic rings. The lowest BCUT2D eigenvalue weighted by Crippen LogP contribution is -2.22. The first-order chi connectivity index (χ1) is 8.15. The molecule has 2 aromatic rings. The Morgan fingerprint density at radius 3 is 2.88 bits per heavy atom. The number of nitrogens with zero attached hydrogens (tertiary/aromatic N) is 2. The average Bonchev–Trinajstić information content (AvgIpc) is 2.74. The van der Waals surface area contributed by atoms with E-state index in [1.807, 2.05) is 31.4 Å².